The molecule has 1 aliphatic rings. The smallest absolute Gasteiger partial charge is 0.214 e. The lowest BCUT2D eigenvalue weighted by atomic mass is 10.0. The molecule has 25 heavy (non-hydrogen) atoms. The summed E-state index contributed by atoms with van der Waals surface area (Å²) in [4.78, 5) is 3.20. The van der Waals surface area contributed by atoms with E-state index in [4.69, 9.17) is 0 Å². The van der Waals surface area contributed by atoms with Crippen molar-refractivity contribution >= 4 is 0 Å². The van der Waals surface area contributed by atoms with Crippen LogP contribution in [0.5, 0.6) is 0 Å². The van der Waals surface area contributed by atoms with Crippen molar-refractivity contribution in [3.63, 3.8) is 0 Å². The van der Waals surface area contributed by atoms with Gasteiger partial charge in [0.2, 0.25) is 5.82 Å². The molecule has 0 aliphatic carbocycles. The fraction of sp³-hybridized carbons (Fsp3) is 0.632. The van der Waals surface area contributed by atoms with Crippen LogP contribution in [0, 0.1) is 12.8 Å². The van der Waals surface area contributed by atoms with Gasteiger partial charge in [0, 0.05) is 12.1 Å². The molecule has 0 radical (unpaired) electrons. The van der Waals surface area contributed by atoms with Gasteiger partial charge in [-0.3, -0.25) is 0 Å². The standard InChI is InChI=1S/C19H30N6/c1-15(2)9-10-25-19(20-21-22-25)18(17-7-5-16(3)6-8-17)24-13-11-23(4)12-14-24/h5-8,15,18H,9-14H2,1-4H3/p+2/t18-/m0/s1. The molecular weight excluding hydrogens is 312 g/mol. The predicted molar refractivity (Wildman–Crippen MR) is 97.6 cm³/mol. The number of hydrogen-bond donors (Lipinski definition) is 2. The number of aryl methyl sites for hydroxylation is 2. The van der Waals surface area contributed by atoms with Crippen LogP contribution in [0.25, 0.3) is 0 Å². The lowest BCUT2D eigenvalue weighted by Gasteiger charge is -2.33. The second-order valence-corrected chi connectivity index (χ2v) is 7.90. The molecule has 0 unspecified atom stereocenters. The van der Waals surface area contributed by atoms with Crippen LogP contribution in [0.3, 0.4) is 0 Å². The maximum absolute atomic E-state index is 4.46. The summed E-state index contributed by atoms with van der Waals surface area (Å²) < 4.78 is 2.03. The van der Waals surface area contributed by atoms with Gasteiger partial charge in [-0.15, -0.1) is 5.10 Å². The number of hydrogen-bond acceptors (Lipinski definition) is 3. The number of rotatable bonds is 6. The maximum atomic E-state index is 4.46. The molecule has 0 amide bonds. The van der Waals surface area contributed by atoms with Crippen molar-refractivity contribution in [2.24, 2.45) is 5.92 Å². The van der Waals surface area contributed by atoms with Crippen LogP contribution in [-0.4, -0.2) is 53.4 Å². The van der Waals surface area contributed by atoms with Gasteiger partial charge in [-0.25, -0.2) is 4.68 Å². The summed E-state index contributed by atoms with van der Waals surface area (Å²) in [6.45, 7) is 12.2. The molecule has 2 heterocycles. The number of tetrazole rings is 1. The summed E-state index contributed by atoms with van der Waals surface area (Å²) in [5.41, 5.74) is 2.61. The Kier molecular flexibility index (Phi) is 5.81. The van der Waals surface area contributed by atoms with E-state index in [1.54, 1.807) is 9.80 Å². The highest BCUT2D eigenvalue weighted by Gasteiger charge is 2.34. The highest BCUT2D eigenvalue weighted by atomic mass is 15.6. The van der Waals surface area contributed by atoms with Crippen LogP contribution < -0.4 is 9.80 Å². The van der Waals surface area contributed by atoms with Crippen LogP contribution in [0.15, 0.2) is 24.3 Å². The largest absolute Gasteiger partial charge is 0.328 e. The van der Waals surface area contributed by atoms with Gasteiger partial charge in [0.15, 0.2) is 6.04 Å². The molecule has 136 valence electrons. The second-order valence-electron chi connectivity index (χ2n) is 7.90. The van der Waals surface area contributed by atoms with Gasteiger partial charge >= 0.3 is 0 Å². The van der Waals surface area contributed by atoms with Gasteiger partial charge in [-0.1, -0.05) is 43.7 Å². The Morgan fingerprint density at radius 1 is 1.08 bits per heavy atom. The van der Waals surface area contributed by atoms with Gasteiger partial charge in [-0.2, -0.15) is 0 Å². The lowest BCUT2D eigenvalue weighted by Crippen LogP contribution is -3.27. The SMILES string of the molecule is Cc1ccc([C@@H](c2nnnn2CCC(C)C)[NH+]2CC[NH+](C)CC2)cc1. The molecule has 2 N–H and O–H groups in total. The zero-order valence-corrected chi connectivity index (χ0v) is 16.0. The van der Waals surface area contributed by atoms with E-state index in [0.29, 0.717) is 5.92 Å². The Bertz CT molecular complexity index is 655. The third-order valence-electron chi connectivity index (χ3n) is 5.30. The van der Waals surface area contributed by atoms with Crippen molar-refractivity contribution in [1.82, 2.24) is 20.2 Å². The Labute approximate surface area is 150 Å². The minimum atomic E-state index is 0.218. The summed E-state index contributed by atoms with van der Waals surface area (Å²) in [5, 5.41) is 12.8. The van der Waals surface area contributed by atoms with Crippen LogP contribution in [0.4, 0.5) is 0 Å². The van der Waals surface area contributed by atoms with Crippen molar-refractivity contribution in [3.05, 3.63) is 41.2 Å². The number of aromatic nitrogens is 4. The van der Waals surface area contributed by atoms with E-state index in [9.17, 15) is 0 Å². The highest BCUT2D eigenvalue weighted by Crippen LogP contribution is 2.18. The first-order chi connectivity index (χ1) is 12.0. The predicted octanol–water partition coefficient (Wildman–Crippen LogP) is -0.470. The minimum absolute atomic E-state index is 0.218. The van der Waals surface area contributed by atoms with E-state index >= 15 is 0 Å². The van der Waals surface area contributed by atoms with E-state index in [2.05, 4.69) is 67.6 Å². The number of likely N-dealkylation sites (N-methyl/N-ethyl adjacent to an activating group) is 1. The van der Waals surface area contributed by atoms with Gasteiger partial charge < -0.3 is 9.80 Å². The first-order valence-electron chi connectivity index (χ1n) is 9.53. The van der Waals surface area contributed by atoms with Gasteiger partial charge in [0.05, 0.1) is 7.05 Å². The Hall–Kier alpha value is -1.79. The molecule has 0 bridgehead atoms. The van der Waals surface area contributed by atoms with Crippen molar-refractivity contribution in [2.45, 2.75) is 39.8 Å². The van der Waals surface area contributed by atoms with Crippen LogP contribution in [-0.2, 0) is 6.54 Å². The monoisotopic (exact) mass is 344 g/mol. The summed E-state index contributed by atoms with van der Waals surface area (Å²) >= 11 is 0. The second kappa shape index (κ2) is 8.06. The van der Waals surface area contributed by atoms with E-state index in [-0.39, 0.29) is 6.04 Å². The fourth-order valence-corrected chi connectivity index (χ4v) is 3.57. The molecule has 1 saturated heterocycles. The van der Waals surface area contributed by atoms with Gasteiger partial charge in [-0.05, 0) is 29.7 Å². The fourth-order valence-electron chi connectivity index (χ4n) is 3.57. The van der Waals surface area contributed by atoms with Crippen molar-refractivity contribution in [3.8, 4) is 0 Å². The van der Waals surface area contributed by atoms with Gasteiger partial charge in [0.25, 0.3) is 0 Å². The van der Waals surface area contributed by atoms with Crippen molar-refractivity contribution in [1.29, 1.82) is 0 Å². The molecule has 1 aliphatic heterocycles. The molecular formula is C19H32N6+2. The third kappa shape index (κ3) is 4.44. The number of piperazine rings is 1. The summed E-state index contributed by atoms with van der Waals surface area (Å²) in [6.07, 6.45) is 1.10. The van der Waals surface area contributed by atoms with E-state index in [1.807, 2.05) is 4.68 Å². The average molecular weight is 345 g/mol. The third-order valence-corrected chi connectivity index (χ3v) is 5.30. The molecule has 0 spiro atoms. The summed E-state index contributed by atoms with van der Waals surface area (Å²) in [7, 11) is 2.28. The molecule has 1 aromatic carbocycles. The molecule has 2 aromatic rings. The quantitative estimate of drug-likeness (QED) is 0.745. The Morgan fingerprint density at radius 2 is 1.76 bits per heavy atom. The Morgan fingerprint density at radius 3 is 2.40 bits per heavy atom. The first kappa shape index (κ1) is 18.0. The Balaban J connectivity index is 1.91. The van der Waals surface area contributed by atoms with E-state index in [1.165, 1.54) is 24.2 Å². The number of nitrogens with one attached hydrogen (secondary N) is 2. The average Bonchev–Trinajstić information content (AvgIpc) is 3.05. The number of benzene rings is 1. The summed E-state index contributed by atoms with van der Waals surface area (Å²) in [6, 6.07) is 9.12. The van der Waals surface area contributed by atoms with Crippen molar-refractivity contribution < 1.29 is 9.80 Å². The number of quaternary nitrogens is 2. The van der Waals surface area contributed by atoms with Crippen LogP contribution >= 0.6 is 0 Å². The summed E-state index contributed by atoms with van der Waals surface area (Å²) in [5.74, 6) is 1.66. The lowest BCUT2D eigenvalue weighted by molar-refractivity contribution is -1.02. The topological polar surface area (TPSA) is 52.5 Å². The van der Waals surface area contributed by atoms with Crippen LogP contribution in [0.2, 0.25) is 0 Å². The highest BCUT2D eigenvalue weighted by molar-refractivity contribution is 5.26. The first-order valence-corrected chi connectivity index (χ1v) is 9.53. The molecule has 1 atom stereocenters. The molecule has 6 heteroatoms. The molecule has 1 fully saturated rings. The van der Waals surface area contributed by atoms with Crippen LogP contribution in [0.1, 0.15) is 43.3 Å². The zero-order chi connectivity index (χ0) is 17.8. The minimum Gasteiger partial charge on any atom is -0.328 e. The molecule has 6 nitrogen and oxygen atoms in total. The molecule has 3 rings (SSSR count). The number of nitrogens with zero attached hydrogens (tertiary/aromatic N) is 4. The maximum Gasteiger partial charge on any atom is 0.214 e. The van der Waals surface area contributed by atoms with E-state index < -0.39 is 0 Å². The normalized spacial score (nSPS) is 22.3. The zero-order valence-electron chi connectivity index (χ0n) is 16.0. The van der Waals surface area contributed by atoms with Gasteiger partial charge in [0.1, 0.15) is 26.2 Å². The molecule has 1 aromatic heterocycles. The molecule has 0 saturated carbocycles. The van der Waals surface area contributed by atoms with E-state index in [0.717, 1.165) is 31.9 Å². The van der Waals surface area contributed by atoms with Crippen molar-refractivity contribution in [2.75, 3.05) is 33.2 Å².